The Balaban J connectivity index is 2.39. The van der Waals surface area contributed by atoms with Crippen LogP contribution < -0.4 is 0 Å². The number of aliphatic hydroxyl groups excluding tert-OH is 3. The molecule has 2 unspecified atom stereocenters. The highest BCUT2D eigenvalue weighted by molar-refractivity contribution is 7.85. The average Bonchev–Trinajstić information content (AvgIpc) is 3.20. The quantitative estimate of drug-likeness (QED) is 0.0259. The van der Waals surface area contributed by atoms with Gasteiger partial charge in [-0.25, -0.2) is 0 Å². The minimum atomic E-state index is -4.60. The van der Waals surface area contributed by atoms with Gasteiger partial charge in [-0.15, -0.1) is 0 Å². The molecule has 1 aliphatic heterocycles. The van der Waals surface area contributed by atoms with Gasteiger partial charge in [-0.3, -0.25) is 14.1 Å². The SMILES string of the molecule is CCCCCCCCCCCCCCCCCCCC(=O)OC[C@H](CO[C@H]1O[C@H](CS(=O)(=O)O)[C@@H](O)C(O)C1O)OC(=O)CCCCCCCCCCCCCCCC. The number of hydrogen-bond donors (Lipinski definition) is 4. The van der Waals surface area contributed by atoms with Crippen molar-refractivity contribution < 1.29 is 56.8 Å². The fourth-order valence-corrected chi connectivity index (χ4v) is 8.37. The second kappa shape index (κ2) is 37.2. The third kappa shape index (κ3) is 32.1. The van der Waals surface area contributed by atoms with E-state index >= 15 is 0 Å². The molecule has 350 valence electrons. The van der Waals surface area contributed by atoms with Crippen LogP contribution in [0.4, 0.5) is 0 Å². The van der Waals surface area contributed by atoms with Crippen molar-refractivity contribution in [2.75, 3.05) is 19.0 Å². The molecule has 0 aromatic carbocycles. The summed E-state index contributed by atoms with van der Waals surface area (Å²) in [4.78, 5) is 25.4. The van der Waals surface area contributed by atoms with Crippen molar-refractivity contribution in [3.05, 3.63) is 0 Å². The highest BCUT2D eigenvalue weighted by atomic mass is 32.2. The van der Waals surface area contributed by atoms with E-state index in [1.807, 2.05) is 0 Å². The Kier molecular flexibility index (Phi) is 35.1. The Morgan fingerprint density at radius 2 is 0.864 bits per heavy atom. The fourth-order valence-electron chi connectivity index (χ4n) is 7.68. The number of rotatable bonds is 41. The molecule has 1 rings (SSSR count). The van der Waals surface area contributed by atoms with Crippen molar-refractivity contribution >= 4 is 22.1 Å². The first-order chi connectivity index (χ1) is 28.5. The van der Waals surface area contributed by atoms with Crippen LogP contribution in [0.25, 0.3) is 0 Å². The van der Waals surface area contributed by atoms with Gasteiger partial charge in [-0.05, 0) is 12.8 Å². The summed E-state index contributed by atoms with van der Waals surface area (Å²) in [5.41, 5.74) is 0. The molecular formula is C46H88O12S. The van der Waals surface area contributed by atoms with E-state index in [0.717, 1.165) is 38.5 Å². The van der Waals surface area contributed by atoms with Crippen LogP contribution in [0.1, 0.15) is 226 Å². The lowest BCUT2D eigenvalue weighted by molar-refractivity contribution is -0.297. The average molecular weight is 865 g/mol. The van der Waals surface area contributed by atoms with E-state index in [2.05, 4.69) is 13.8 Å². The maximum atomic E-state index is 12.8. The Morgan fingerprint density at radius 3 is 1.24 bits per heavy atom. The molecule has 12 nitrogen and oxygen atoms in total. The van der Waals surface area contributed by atoms with Crippen molar-refractivity contribution in [2.45, 2.75) is 263 Å². The molecule has 1 heterocycles. The first kappa shape index (κ1) is 55.7. The standard InChI is InChI=1S/C46H88O12S/c1-3-5-7-9-11-13-15-17-19-20-21-23-24-26-28-30-32-34-41(47)55-36-39(37-56-46-45(51)44(50)43(49)40(58-46)38-59(52,53)54)57-42(48)35-33-31-29-27-25-22-18-16-14-12-10-8-6-4-2/h39-40,43-46,49-51H,3-38H2,1-2H3,(H,52,53,54)/t39-,40-,43-,44?,45?,46+/m1/s1. The molecule has 59 heavy (non-hydrogen) atoms. The number of unbranched alkanes of at least 4 members (excludes halogenated alkanes) is 29. The van der Waals surface area contributed by atoms with E-state index in [1.165, 1.54) is 148 Å². The summed E-state index contributed by atoms with van der Waals surface area (Å²) in [5.74, 6) is -1.96. The number of hydrogen-bond acceptors (Lipinski definition) is 11. The summed E-state index contributed by atoms with van der Waals surface area (Å²) in [6.07, 6.45) is 28.6. The van der Waals surface area contributed by atoms with Crippen molar-refractivity contribution in [2.24, 2.45) is 0 Å². The van der Waals surface area contributed by atoms with E-state index in [9.17, 15) is 37.9 Å². The third-order valence-electron chi connectivity index (χ3n) is 11.4. The zero-order chi connectivity index (χ0) is 43.4. The molecule has 0 bridgehead atoms. The molecule has 0 spiro atoms. The van der Waals surface area contributed by atoms with Gasteiger partial charge in [0.25, 0.3) is 10.1 Å². The van der Waals surface area contributed by atoms with E-state index in [0.29, 0.717) is 12.8 Å². The maximum absolute atomic E-state index is 12.8. The van der Waals surface area contributed by atoms with Crippen molar-refractivity contribution in [3.8, 4) is 0 Å². The van der Waals surface area contributed by atoms with Crippen LogP contribution in [0.5, 0.6) is 0 Å². The molecule has 4 N–H and O–H groups in total. The van der Waals surface area contributed by atoms with Gasteiger partial charge in [0.05, 0.1) is 6.61 Å². The van der Waals surface area contributed by atoms with E-state index < -0.39 is 71.2 Å². The molecule has 1 aliphatic rings. The van der Waals surface area contributed by atoms with Crippen molar-refractivity contribution in [1.29, 1.82) is 0 Å². The van der Waals surface area contributed by atoms with Gasteiger partial charge >= 0.3 is 11.9 Å². The zero-order valence-corrected chi connectivity index (χ0v) is 38.2. The highest BCUT2D eigenvalue weighted by Crippen LogP contribution is 2.24. The first-order valence-electron chi connectivity index (χ1n) is 24.1. The molecule has 0 amide bonds. The van der Waals surface area contributed by atoms with Crippen LogP contribution in [-0.2, 0) is 38.7 Å². The minimum absolute atomic E-state index is 0.172. The van der Waals surface area contributed by atoms with Gasteiger partial charge in [0.1, 0.15) is 36.8 Å². The van der Waals surface area contributed by atoms with Crippen LogP contribution in [0.2, 0.25) is 0 Å². The number of ether oxygens (including phenoxy) is 4. The molecule has 0 aliphatic carbocycles. The largest absolute Gasteiger partial charge is 0.462 e. The molecule has 0 aromatic heterocycles. The first-order valence-corrected chi connectivity index (χ1v) is 25.7. The summed E-state index contributed by atoms with van der Waals surface area (Å²) in [6.45, 7) is 3.79. The summed E-state index contributed by atoms with van der Waals surface area (Å²) >= 11 is 0. The normalized spacial score (nSPS) is 20.1. The van der Waals surface area contributed by atoms with Gasteiger partial charge < -0.3 is 34.3 Å². The molecule has 1 saturated heterocycles. The molecule has 6 atom stereocenters. The minimum Gasteiger partial charge on any atom is -0.462 e. The van der Waals surface area contributed by atoms with Gasteiger partial charge in [0.15, 0.2) is 12.4 Å². The molecule has 0 saturated carbocycles. The number of aliphatic hydroxyl groups is 3. The molecule has 13 heteroatoms. The summed E-state index contributed by atoms with van der Waals surface area (Å²) in [6, 6.07) is 0. The summed E-state index contributed by atoms with van der Waals surface area (Å²) in [7, 11) is -4.60. The summed E-state index contributed by atoms with van der Waals surface area (Å²) in [5, 5.41) is 30.9. The van der Waals surface area contributed by atoms with E-state index in [-0.39, 0.29) is 19.4 Å². The Bertz CT molecular complexity index is 1110. The Labute approximate surface area is 359 Å². The molecule has 1 fully saturated rings. The van der Waals surface area contributed by atoms with Gasteiger partial charge in [0, 0.05) is 12.8 Å². The van der Waals surface area contributed by atoms with Gasteiger partial charge in [-0.1, -0.05) is 200 Å². The van der Waals surface area contributed by atoms with Crippen molar-refractivity contribution in [1.82, 2.24) is 0 Å². The monoisotopic (exact) mass is 865 g/mol. The molecular weight excluding hydrogens is 777 g/mol. The molecule has 0 radical (unpaired) electrons. The summed E-state index contributed by atoms with van der Waals surface area (Å²) < 4.78 is 54.1. The Hall–Kier alpha value is -1.35. The topological polar surface area (TPSA) is 186 Å². The van der Waals surface area contributed by atoms with Crippen LogP contribution in [0, 0.1) is 0 Å². The fraction of sp³-hybridized carbons (Fsp3) is 0.957. The second-order valence-electron chi connectivity index (χ2n) is 17.1. The van der Waals surface area contributed by atoms with Crippen LogP contribution in [0.3, 0.4) is 0 Å². The maximum Gasteiger partial charge on any atom is 0.306 e. The second-order valence-corrected chi connectivity index (χ2v) is 18.6. The molecule has 0 aromatic rings. The highest BCUT2D eigenvalue weighted by Gasteiger charge is 2.46. The lowest BCUT2D eigenvalue weighted by Gasteiger charge is -2.40. The van der Waals surface area contributed by atoms with Crippen LogP contribution >= 0.6 is 0 Å². The lowest BCUT2D eigenvalue weighted by Crippen LogP contribution is -2.60. The van der Waals surface area contributed by atoms with Gasteiger partial charge in [-0.2, -0.15) is 8.42 Å². The third-order valence-corrected chi connectivity index (χ3v) is 12.2. The Morgan fingerprint density at radius 1 is 0.508 bits per heavy atom. The van der Waals surface area contributed by atoms with Crippen LogP contribution in [0.15, 0.2) is 0 Å². The number of carbonyl (C=O) groups excluding carboxylic acids is 2. The van der Waals surface area contributed by atoms with Gasteiger partial charge in [0.2, 0.25) is 0 Å². The zero-order valence-electron chi connectivity index (χ0n) is 37.4. The predicted octanol–water partition coefficient (Wildman–Crippen LogP) is 10.1. The van der Waals surface area contributed by atoms with Crippen molar-refractivity contribution in [3.63, 3.8) is 0 Å². The van der Waals surface area contributed by atoms with E-state index in [1.54, 1.807) is 0 Å². The smallest absolute Gasteiger partial charge is 0.306 e. The number of carbonyl (C=O) groups is 2. The van der Waals surface area contributed by atoms with E-state index in [4.69, 9.17) is 18.9 Å². The number of esters is 2. The predicted molar refractivity (Wildman–Crippen MR) is 234 cm³/mol. The lowest BCUT2D eigenvalue weighted by atomic mass is 10.00. The van der Waals surface area contributed by atoms with Crippen LogP contribution in [-0.4, -0.2) is 96.0 Å².